The highest BCUT2D eigenvalue weighted by molar-refractivity contribution is 7.80. The number of piperidine rings is 2. The topological polar surface area (TPSA) is 26.8 Å². The molecule has 2 aromatic rings. The largest absolute Gasteiger partial charge is 0.363 e. The normalized spacial score (nSPS) is 18.0. The van der Waals surface area contributed by atoms with E-state index in [0.717, 1.165) is 44.6 Å². The Labute approximate surface area is 237 Å². The van der Waals surface area contributed by atoms with E-state index in [2.05, 4.69) is 9.80 Å². The van der Waals surface area contributed by atoms with Crippen molar-refractivity contribution in [1.29, 1.82) is 0 Å². The maximum Gasteiger partial charge on any atom is 0.253 e. The SMILES string of the molecule is CN(C[C@@H](CCN1CCC(N2CCCCC2=S)CC1)c1ccc(Cl)c(Cl)c1)C(=O)c1ccccc1.Cl. The van der Waals surface area contributed by atoms with Crippen molar-refractivity contribution >= 4 is 58.7 Å². The van der Waals surface area contributed by atoms with Crippen molar-refractivity contribution in [2.45, 2.75) is 50.5 Å². The average molecular weight is 569 g/mol. The third-order valence-corrected chi connectivity index (χ3v) is 8.61. The van der Waals surface area contributed by atoms with Crippen molar-refractivity contribution in [3.63, 3.8) is 0 Å². The molecule has 2 aliphatic rings. The molecule has 2 heterocycles. The van der Waals surface area contributed by atoms with Crippen LogP contribution in [0.2, 0.25) is 10.0 Å². The van der Waals surface area contributed by atoms with Crippen LogP contribution in [0, 0.1) is 0 Å². The van der Waals surface area contributed by atoms with Gasteiger partial charge in [0.1, 0.15) is 0 Å². The number of carbonyl (C=O) groups excluding carboxylic acids is 1. The Morgan fingerprint density at radius 3 is 2.44 bits per heavy atom. The van der Waals surface area contributed by atoms with Gasteiger partial charge in [0.25, 0.3) is 5.91 Å². The van der Waals surface area contributed by atoms with E-state index in [9.17, 15) is 4.79 Å². The highest BCUT2D eigenvalue weighted by atomic mass is 35.5. The van der Waals surface area contributed by atoms with E-state index in [1.807, 2.05) is 60.5 Å². The molecule has 2 aromatic carbocycles. The highest BCUT2D eigenvalue weighted by Crippen LogP contribution is 2.30. The fraction of sp³-hybridized carbons (Fsp3) is 0.500. The first-order valence-corrected chi connectivity index (χ1v) is 13.9. The summed E-state index contributed by atoms with van der Waals surface area (Å²) in [6, 6.07) is 15.9. The van der Waals surface area contributed by atoms with E-state index in [4.69, 9.17) is 35.4 Å². The number of likely N-dealkylation sites (N-methyl/N-ethyl adjacent to an activating group) is 1. The number of nitrogens with zero attached hydrogens (tertiary/aromatic N) is 3. The summed E-state index contributed by atoms with van der Waals surface area (Å²) in [4.78, 5) is 21.1. The minimum absolute atomic E-state index is 0. The Morgan fingerprint density at radius 2 is 1.78 bits per heavy atom. The molecule has 196 valence electrons. The van der Waals surface area contributed by atoms with Crippen LogP contribution in [0.15, 0.2) is 48.5 Å². The Kier molecular flexibility index (Phi) is 11.3. The van der Waals surface area contributed by atoms with Gasteiger partial charge in [0, 0.05) is 50.7 Å². The first-order valence-electron chi connectivity index (χ1n) is 12.7. The number of hydrogen-bond donors (Lipinski definition) is 0. The molecule has 8 heteroatoms. The molecule has 0 aliphatic carbocycles. The molecule has 36 heavy (non-hydrogen) atoms. The van der Waals surface area contributed by atoms with Crippen LogP contribution in [0.5, 0.6) is 0 Å². The lowest BCUT2D eigenvalue weighted by Gasteiger charge is -2.42. The number of thiocarbonyl (C=S) groups is 1. The maximum absolute atomic E-state index is 13.0. The van der Waals surface area contributed by atoms with E-state index in [0.29, 0.717) is 28.2 Å². The molecule has 0 radical (unpaired) electrons. The Balaban J connectivity index is 0.00000361. The van der Waals surface area contributed by atoms with Gasteiger partial charge in [0.15, 0.2) is 0 Å². The molecule has 2 fully saturated rings. The number of benzene rings is 2. The van der Waals surface area contributed by atoms with Crippen LogP contribution >= 0.6 is 47.8 Å². The van der Waals surface area contributed by atoms with Crippen LogP contribution in [-0.4, -0.2) is 71.4 Å². The Morgan fingerprint density at radius 1 is 1.06 bits per heavy atom. The van der Waals surface area contributed by atoms with Crippen LogP contribution in [0.25, 0.3) is 0 Å². The molecule has 1 atom stereocenters. The second kappa shape index (κ2) is 14.0. The van der Waals surface area contributed by atoms with E-state index in [-0.39, 0.29) is 24.2 Å². The highest BCUT2D eigenvalue weighted by Gasteiger charge is 2.28. The zero-order valence-corrected chi connectivity index (χ0v) is 24.0. The molecule has 2 saturated heterocycles. The fourth-order valence-corrected chi connectivity index (χ4v) is 6.04. The average Bonchev–Trinajstić information content (AvgIpc) is 2.89. The van der Waals surface area contributed by atoms with Gasteiger partial charge < -0.3 is 14.7 Å². The van der Waals surface area contributed by atoms with E-state index in [1.54, 1.807) is 0 Å². The molecule has 0 N–H and O–H groups in total. The molecule has 4 rings (SSSR count). The van der Waals surface area contributed by atoms with Gasteiger partial charge >= 0.3 is 0 Å². The van der Waals surface area contributed by atoms with Gasteiger partial charge in [-0.15, -0.1) is 12.4 Å². The summed E-state index contributed by atoms with van der Waals surface area (Å²) >= 11 is 18.2. The number of carbonyl (C=O) groups is 1. The van der Waals surface area contributed by atoms with Crippen molar-refractivity contribution in [2.24, 2.45) is 0 Å². The van der Waals surface area contributed by atoms with Crippen molar-refractivity contribution in [2.75, 3.05) is 39.8 Å². The maximum atomic E-state index is 13.0. The van der Waals surface area contributed by atoms with Crippen molar-refractivity contribution in [3.8, 4) is 0 Å². The van der Waals surface area contributed by atoms with Crippen LogP contribution in [0.3, 0.4) is 0 Å². The zero-order chi connectivity index (χ0) is 24.8. The Bertz CT molecular complexity index is 1010. The minimum Gasteiger partial charge on any atom is -0.363 e. The Hall–Kier alpha value is -1.37. The molecule has 0 unspecified atom stereocenters. The summed E-state index contributed by atoms with van der Waals surface area (Å²) in [5, 5.41) is 1.12. The zero-order valence-electron chi connectivity index (χ0n) is 20.9. The second-order valence-electron chi connectivity index (χ2n) is 9.83. The van der Waals surface area contributed by atoms with E-state index in [1.165, 1.54) is 30.7 Å². The number of hydrogen-bond acceptors (Lipinski definition) is 3. The van der Waals surface area contributed by atoms with Gasteiger partial charge in [0.05, 0.1) is 15.0 Å². The van der Waals surface area contributed by atoms with Gasteiger partial charge in [-0.2, -0.15) is 0 Å². The molecule has 0 aromatic heterocycles. The van der Waals surface area contributed by atoms with Gasteiger partial charge in [-0.25, -0.2) is 0 Å². The standard InChI is InChI=1S/C28H35Cl2N3OS.ClH/c1-31(28(34)21-7-3-2-4-8-21)20-23(22-10-11-25(29)26(30)19-22)12-16-32-17-13-24(14-18-32)33-15-6-5-9-27(33)35;/h2-4,7-8,10-11,19,23-24H,5-6,9,12-18,20H2,1H3;1H/t23-;/m1./s1. The quantitative estimate of drug-likeness (QED) is 0.322. The lowest BCUT2D eigenvalue weighted by Crippen LogP contribution is -2.48. The first kappa shape index (κ1) is 29.2. The number of halogens is 3. The summed E-state index contributed by atoms with van der Waals surface area (Å²) < 4.78 is 0. The first-order chi connectivity index (χ1) is 16.9. The number of likely N-dealkylation sites (tertiary alicyclic amines) is 2. The van der Waals surface area contributed by atoms with E-state index < -0.39 is 0 Å². The molecular formula is C28H36Cl3N3OS. The van der Waals surface area contributed by atoms with Gasteiger partial charge in [-0.1, -0.05) is 59.7 Å². The summed E-state index contributed by atoms with van der Waals surface area (Å²) in [7, 11) is 1.88. The van der Waals surface area contributed by atoms with Crippen molar-refractivity contribution < 1.29 is 4.79 Å². The number of rotatable bonds is 8. The summed E-state index contributed by atoms with van der Waals surface area (Å²) in [5.41, 5.74) is 1.83. The molecule has 0 bridgehead atoms. The summed E-state index contributed by atoms with van der Waals surface area (Å²) in [6.45, 7) is 4.94. The second-order valence-corrected chi connectivity index (χ2v) is 11.1. The van der Waals surface area contributed by atoms with Crippen molar-refractivity contribution in [1.82, 2.24) is 14.7 Å². The van der Waals surface area contributed by atoms with Crippen LogP contribution < -0.4 is 0 Å². The molecular weight excluding hydrogens is 533 g/mol. The van der Waals surface area contributed by atoms with Gasteiger partial charge in [0.2, 0.25) is 0 Å². The molecule has 0 spiro atoms. The lowest BCUT2D eigenvalue weighted by molar-refractivity contribution is 0.0780. The van der Waals surface area contributed by atoms with Crippen LogP contribution in [0.1, 0.15) is 60.4 Å². The predicted octanol–water partition coefficient (Wildman–Crippen LogP) is 6.94. The predicted molar refractivity (Wildman–Crippen MR) is 157 cm³/mol. The van der Waals surface area contributed by atoms with Crippen LogP contribution in [0.4, 0.5) is 0 Å². The molecule has 4 nitrogen and oxygen atoms in total. The minimum atomic E-state index is 0. The third kappa shape index (κ3) is 7.58. The molecule has 2 aliphatic heterocycles. The van der Waals surface area contributed by atoms with Gasteiger partial charge in [-0.3, -0.25) is 4.79 Å². The number of amides is 1. The molecule has 1 amide bonds. The van der Waals surface area contributed by atoms with Crippen molar-refractivity contribution in [3.05, 3.63) is 69.7 Å². The summed E-state index contributed by atoms with van der Waals surface area (Å²) in [6.07, 6.45) is 6.88. The smallest absolute Gasteiger partial charge is 0.253 e. The van der Waals surface area contributed by atoms with Gasteiger partial charge in [-0.05, 0) is 74.9 Å². The van der Waals surface area contributed by atoms with E-state index >= 15 is 0 Å². The lowest BCUT2D eigenvalue weighted by atomic mass is 9.93. The monoisotopic (exact) mass is 567 g/mol. The van der Waals surface area contributed by atoms with Crippen LogP contribution in [-0.2, 0) is 0 Å². The third-order valence-electron chi connectivity index (χ3n) is 7.43. The fourth-order valence-electron chi connectivity index (χ4n) is 5.35. The summed E-state index contributed by atoms with van der Waals surface area (Å²) in [5.74, 6) is 0.212. The molecule has 0 saturated carbocycles.